The van der Waals surface area contributed by atoms with E-state index < -0.39 is 0 Å². The molecule has 7 heteroatoms. The highest BCUT2D eigenvalue weighted by Gasteiger charge is 2.20. The van der Waals surface area contributed by atoms with Gasteiger partial charge in [0.05, 0.1) is 25.1 Å². The summed E-state index contributed by atoms with van der Waals surface area (Å²) in [5.41, 5.74) is 1.27. The average molecular weight is 403 g/mol. The van der Waals surface area contributed by atoms with Crippen LogP contribution in [0.3, 0.4) is 0 Å². The van der Waals surface area contributed by atoms with E-state index in [0.717, 1.165) is 55.9 Å². The predicted octanol–water partition coefficient (Wildman–Crippen LogP) is 4.49. The van der Waals surface area contributed by atoms with Gasteiger partial charge in [-0.2, -0.15) is 0 Å². The highest BCUT2D eigenvalue weighted by Crippen LogP contribution is 2.40. The maximum atomic E-state index is 5.47. The summed E-state index contributed by atoms with van der Waals surface area (Å²) < 4.78 is 5.47. The van der Waals surface area contributed by atoms with Crippen molar-refractivity contribution in [1.82, 2.24) is 14.9 Å². The van der Waals surface area contributed by atoms with Crippen molar-refractivity contribution in [2.75, 3.05) is 44.8 Å². The third kappa shape index (κ3) is 4.16. The lowest BCUT2D eigenvalue weighted by Gasteiger charge is -2.26. The molecule has 0 bridgehead atoms. The molecule has 0 atom stereocenters. The van der Waals surface area contributed by atoms with E-state index in [0.29, 0.717) is 0 Å². The molecule has 1 aliphatic heterocycles. The first-order valence-corrected chi connectivity index (χ1v) is 11.4. The molecule has 4 heterocycles. The maximum Gasteiger partial charge on any atom is 0.146 e. The standard InChI is InChI=1S/C20H26N4OS2/c1-3-4-7-23(2)19-18-15(16-6-5-12-26-16)14-27-20(18)22-17(21-19)13-24-8-10-25-11-9-24/h5-6,12,14H,3-4,7-11,13H2,1-2H3. The van der Waals surface area contributed by atoms with Crippen molar-refractivity contribution in [2.24, 2.45) is 0 Å². The van der Waals surface area contributed by atoms with Crippen LogP contribution in [0.4, 0.5) is 5.82 Å². The number of ether oxygens (including phenoxy) is 1. The van der Waals surface area contributed by atoms with Gasteiger partial charge < -0.3 is 9.64 Å². The van der Waals surface area contributed by atoms with Crippen LogP contribution in [0.5, 0.6) is 0 Å². The Hall–Kier alpha value is -1.54. The molecule has 0 amide bonds. The molecule has 144 valence electrons. The fourth-order valence-electron chi connectivity index (χ4n) is 3.39. The zero-order chi connectivity index (χ0) is 18.6. The lowest BCUT2D eigenvalue weighted by atomic mass is 10.2. The number of rotatable bonds is 7. The molecule has 0 aromatic carbocycles. The van der Waals surface area contributed by atoms with Gasteiger partial charge in [0, 0.05) is 42.5 Å². The van der Waals surface area contributed by atoms with Crippen molar-refractivity contribution in [3.63, 3.8) is 0 Å². The van der Waals surface area contributed by atoms with Crippen molar-refractivity contribution in [3.05, 3.63) is 28.7 Å². The first-order chi connectivity index (χ1) is 13.3. The molecule has 4 rings (SSSR count). The zero-order valence-corrected chi connectivity index (χ0v) is 17.6. The normalized spacial score (nSPS) is 15.5. The van der Waals surface area contributed by atoms with Crippen molar-refractivity contribution in [2.45, 2.75) is 26.3 Å². The van der Waals surface area contributed by atoms with Gasteiger partial charge in [0.1, 0.15) is 16.5 Å². The van der Waals surface area contributed by atoms with Gasteiger partial charge in [-0.25, -0.2) is 9.97 Å². The molecule has 0 spiro atoms. The molecule has 1 saturated heterocycles. The second kappa shape index (κ2) is 8.65. The predicted molar refractivity (Wildman–Crippen MR) is 115 cm³/mol. The molecule has 1 fully saturated rings. The number of unbranched alkanes of at least 4 members (excludes halogenated alkanes) is 1. The summed E-state index contributed by atoms with van der Waals surface area (Å²) in [6.07, 6.45) is 2.35. The molecule has 1 aliphatic rings. The number of anilines is 1. The SMILES string of the molecule is CCCCN(C)c1nc(CN2CCOCC2)nc2scc(-c3cccs3)c12. The molecule has 3 aromatic rings. The molecule has 0 saturated carbocycles. The van der Waals surface area contributed by atoms with Crippen LogP contribution in [0, 0.1) is 0 Å². The Balaban J connectivity index is 1.74. The number of aromatic nitrogens is 2. The highest BCUT2D eigenvalue weighted by atomic mass is 32.1. The lowest BCUT2D eigenvalue weighted by molar-refractivity contribution is 0.0331. The number of morpholine rings is 1. The maximum absolute atomic E-state index is 5.47. The molecular formula is C20H26N4OS2. The summed E-state index contributed by atoms with van der Waals surface area (Å²) in [6, 6.07) is 4.29. The Bertz CT molecular complexity index is 872. The molecule has 0 unspecified atom stereocenters. The van der Waals surface area contributed by atoms with E-state index in [2.05, 4.69) is 46.7 Å². The quantitative estimate of drug-likeness (QED) is 0.582. The second-order valence-corrected chi connectivity index (χ2v) is 8.74. The second-order valence-electron chi connectivity index (χ2n) is 6.93. The van der Waals surface area contributed by atoms with Gasteiger partial charge in [-0.1, -0.05) is 19.4 Å². The minimum atomic E-state index is 0.792. The Kier molecular flexibility index (Phi) is 6.02. The zero-order valence-electron chi connectivity index (χ0n) is 16.0. The van der Waals surface area contributed by atoms with E-state index in [4.69, 9.17) is 14.7 Å². The first kappa shape index (κ1) is 18.8. The van der Waals surface area contributed by atoms with Crippen LogP contribution in [0.1, 0.15) is 25.6 Å². The monoisotopic (exact) mass is 402 g/mol. The van der Waals surface area contributed by atoms with Crippen molar-refractivity contribution in [3.8, 4) is 10.4 Å². The summed E-state index contributed by atoms with van der Waals surface area (Å²) in [6.45, 7) is 7.54. The number of hydrogen-bond donors (Lipinski definition) is 0. The van der Waals surface area contributed by atoms with Crippen molar-refractivity contribution in [1.29, 1.82) is 0 Å². The minimum Gasteiger partial charge on any atom is -0.379 e. The summed E-state index contributed by atoms with van der Waals surface area (Å²) in [5.74, 6) is 1.99. The first-order valence-electron chi connectivity index (χ1n) is 9.59. The number of thiophene rings is 2. The van der Waals surface area contributed by atoms with Gasteiger partial charge in [-0.3, -0.25) is 4.90 Å². The van der Waals surface area contributed by atoms with Crippen molar-refractivity contribution >= 4 is 38.7 Å². The molecule has 27 heavy (non-hydrogen) atoms. The average Bonchev–Trinajstić information content (AvgIpc) is 3.35. The third-order valence-corrected chi connectivity index (χ3v) is 6.70. The largest absolute Gasteiger partial charge is 0.379 e. The third-order valence-electron chi connectivity index (χ3n) is 4.92. The van der Waals surface area contributed by atoms with Crippen LogP contribution >= 0.6 is 22.7 Å². The summed E-state index contributed by atoms with van der Waals surface area (Å²) in [7, 11) is 2.16. The van der Waals surface area contributed by atoms with Crippen LogP contribution in [-0.4, -0.2) is 54.8 Å². The Morgan fingerprint density at radius 3 is 2.81 bits per heavy atom. The van der Waals surface area contributed by atoms with Crippen LogP contribution in [0.15, 0.2) is 22.9 Å². The number of fused-ring (bicyclic) bond motifs is 1. The summed E-state index contributed by atoms with van der Waals surface area (Å²) >= 11 is 3.51. The molecule has 5 nitrogen and oxygen atoms in total. The molecule has 0 radical (unpaired) electrons. The van der Waals surface area contributed by atoms with E-state index >= 15 is 0 Å². The van der Waals surface area contributed by atoms with Crippen LogP contribution in [0.25, 0.3) is 20.7 Å². The van der Waals surface area contributed by atoms with E-state index in [9.17, 15) is 0 Å². The molecule has 3 aromatic heterocycles. The smallest absolute Gasteiger partial charge is 0.146 e. The fraction of sp³-hybridized carbons (Fsp3) is 0.500. The van der Waals surface area contributed by atoms with Gasteiger partial charge in [-0.15, -0.1) is 22.7 Å². The Morgan fingerprint density at radius 2 is 2.07 bits per heavy atom. The van der Waals surface area contributed by atoms with E-state index in [1.807, 2.05) is 0 Å². The number of nitrogens with zero attached hydrogens (tertiary/aromatic N) is 4. The summed E-state index contributed by atoms with van der Waals surface area (Å²) in [5, 5.41) is 5.57. The minimum absolute atomic E-state index is 0.792. The van der Waals surface area contributed by atoms with Crippen molar-refractivity contribution < 1.29 is 4.74 Å². The van der Waals surface area contributed by atoms with Gasteiger partial charge >= 0.3 is 0 Å². The van der Waals surface area contributed by atoms with Crippen LogP contribution in [0.2, 0.25) is 0 Å². The van der Waals surface area contributed by atoms with Gasteiger partial charge in [-0.05, 0) is 17.9 Å². The lowest BCUT2D eigenvalue weighted by Crippen LogP contribution is -2.36. The fourth-order valence-corrected chi connectivity index (χ4v) is 5.16. The topological polar surface area (TPSA) is 41.5 Å². The van der Waals surface area contributed by atoms with Gasteiger partial charge in [0.25, 0.3) is 0 Å². The van der Waals surface area contributed by atoms with E-state index in [1.165, 1.54) is 28.7 Å². The Labute approximate surface area is 168 Å². The number of hydrogen-bond acceptors (Lipinski definition) is 7. The molecule has 0 N–H and O–H groups in total. The Morgan fingerprint density at radius 1 is 1.22 bits per heavy atom. The van der Waals surface area contributed by atoms with Crippen LogP contribution < -0.4 is 4.90 Å². The van der Waals surface area contributed by atoms with Gasteiger partial charge in [0.15, 0.2) is 0 Å². The summed E-state index contributed by atoms with van der Waals surface area (Å²) in [4.78, 5) is 17.0. The highest BCUT2D eigenvalue weighted by molar-refractivity contribution is 7.18. The van der Waals surface area contributed by atoms with Gasteiger partial charge in [0.2, 0.25) is 0 Å². The van der Waals surface area contributed by atoms with E-state index in [1.54, 1.807) is 22.7 Å². The molecule has 0 aliphatic carbocycles. The molecular weight excluding hydrogens is 376 g/mol. The van der Waals surface area contributed by atoms with E-state index in [-0.39, 0.29) is 0 Å². The van der Waals surface area contributed by atoms with Crippen LogP contribution in [-0.2, 0) is 11.3 Å².